The largest absolute Gasteiger partial charge is 0.485 e. The van der Waals surface area contributed by atoms with Gasteiger partial charge in [-0.2, -0.15) is 0 Å². The summed E-state index contributed by atoms with van der Waals surface area (Å²) in [6, 6.07) is 12.2. The summed E-state index contributed by atoms with van der Waals surface area (Å²) in [6.45, 7) is 0.941. The van der Waals surface area contributed by atoms with Crippen molar-refractivity contribution in [2.75, 3.05) is 13.6 Å². The smallest absolute Gasteiger partial charge is 0.134 e. The van der Waals surface area contributed by atoms with E-state index in [9.17, 15) is 0 Å². The van der Waals surface area contributed by atoms with Crippen LogP contribution in [0.3, 0.4) is 0 Å². The van der Waals surface area contributed by atoms with E-state index in [4.69, 9.17) is 4.74 Å². The molecule has 0 amide bonds. The first kappa shape index (κ1) is 13.6. The highest BCUT2D eigenvalue weighted by Crippen LogP contribution is 2.29. The first-order chi connectivity index (χ1) is 8.79. The maximum Gasteiger partial charge on any atom is 0.134 e. The average molecular weight is 326 g/mol. The second-order valence-corrected chi connectivity index (χ2v) is 5.87. The molecule has 0 spiro atoms. The number of thiophene rings is 1. The highest BCUT2D eigenvalue weighted by atomic mass is 79.9. The van der Waals surface area contributed by atoms with Crippen LogP contribution in [-0.4, -0.2) is 13.6 Å². The molecule has 0 unspecified atom stereocenters. The molecule has 0 aliphatic heterocycles. The van der Waals surface area contributed by atoms with E-state index in [-0.39, 0.29) is 6.10 Å². The predicted molar refractivity (Wildman–Crippen MR) is 80.4 cm³/mol. The molecule has 18 heavy (non-hydrogen) atoms. The van der Waals surface area contributed by atoms with E-state index in [1.54, 1.807) is 11.3 Å². The highest BCUT2D eigenvalue weighted by molar-refractivity contribution is 9.10. The maximum atomic E-state index is 6.08. The predicted octanol–water partition coefficient (Wildman–Crippen LogP) is 4.24. The number of rotatable bonds is 6. The van der Waals surface area contributed by atoms with Gasteiger partial charge in [0.15, 0.2) is 0 Å². The molecule has 0 saturated carbocycles. The van der Waals surface area contributed by atoms with Gasteiger partial charge in [0.25, 0.3) is 0 Å². The van der Waals surface area contributed by atoms with E-state index in [1.807, 2.05) is 31.3 Å². The summed E-state index contributed by atoms with van der Waals surface area (Å²) in [6.07, 6.45) is 1.08. The van der Waals surface area contributed by atoms with Gasteiger partial charge in [-0.15, -0.1) is 11.3 Å². The summed E-state index contributed by atoms with van der Waals surface area (Å²) in [5.41, 5.74) is 0. The lowest BCUT2D eigenvalue weighted by Crippen LogP contribution is -2.15. The number of hydrogen-bond donors (Lipinski definition) is 1. The summed E-state index contributed by atoms with van der Waals surface area (Å²) in [7, 11) is 1.96. The topological polar surface area (TPSA) is 21.3 Å². The van der Waals surface area contributed by atoms with Gasteiger partial charge < -0.3 is 10.1 Å². The molecule has 1 heterocycles. The van der Waals surface area contributed by atoms with Crippen LogP contribution in [0.15, 0.2) is 46.3 Å². The lowest BCUT2D eigenvalue weighted by Gasteiger charge is -2.18. The molecule has 0 aliphatic rings. The van der Waals surface area contributed by atoms with E-state index in [2.05, 4.69) is 38.8 Å². The van der Waals surface area contributed by atoms with E-state index in [0.717, 1.165) is 23.2 Å². The third-order valence-electron chi connectivity index (χ3n) is 2.59. The number of hydrogen-bond acceptors (Lipinski definition) is 3. The van der Waals surface area contributed by atoms with Crippen LogP contribution in [0.2, 0.25) is 0 Å². The fraction of sp³-hybridized carbons (Fsp3) is 0.286. The molecule has 2 nitrogen and oxygen atoms in total. The van der Waals surface area contributed by atoms with Crippen molar-refractivity contribution in [3.63, 3.8) is 0 Å². The molecule has 4 heteroatoms. The fourth-order valence-electron chi connectivity index (χ4n) is 1.71. The normalized spacial score (nSPS) is 12.3. The molecule has 0 aliphatic carbocycles. The third-order valence-corrected chi connectivity index (χ3v) is 4.05. The van der Waals surface area contributed by atoms with Crippen LogP contribution in [-0.2, 0) is 0 Å². The quantitative estimate of drug-likeness (QED) is 0.857. The van der Waals surface area contributed by atoms with Crippen molar-refractivity contribution in [1.29, 1.82) is 0 Å². The molecule has 0 radical (unpaired) electrons. The zero-order chi connectivity index (χ0) is 12.8. The van der Waals surface area contributed by atoms with Crippen LogP contribution < -0.4 is 10.1 Å². The second-order valence-electron chi connectivity index (χ2n) is 3.97. The molecule has 0 saturated heterocycles. The zero-order valence-corrected chi connectivity index (χ0v) is 12.6. The summed E-state index contributed by atoms with van der Waals surface area (Å²) >= 11 is 5.20. The monoisotopic (exact) mass is 325 g/mol. The van der Waals surface area contributed by atoms with Gasteiger partial charge in [0.1, 0.15) is 11.9 Å². The maximum absolute atomic E-state index is 6.08. The van der Waals surface area contributed by atoms with Crippen LogP contribution in [0.1, 0.15) is 17.4 Å². The van der Waals surface area contributed by atoms with Crippen LogP contribution in [0.4, 0.5) is 0 Å². The van der Waals surface area contributed by atoms with Crippen molar-refractivity contribution in [3.05, 3.63) is 51.1 Å². The van der Waals surface area contributed by atoms with Crippen molar-refractivity contribution >= 4 is 27.3 Å². The minimum Gasteiger partial charge on any atom is -0.485 e. The van der Waals surface area contributed by atoms with Crippen molar-refractivity contribution in [3.8, 4) is 5.75 Å². The third kappa shape index (κ3) is 3.83. The number of ether oxygens (including phenoxy) is 1. The Kier molecular flexibility index (Phi) is 5.23. The molecule has 2 rings (SSSR count). The van der Waals surface area contributed by atoms with Crippen molar-refractivity contribution in [2.45, 2.75) is 12.5 Å². The van der Waals surface area contributed by atoms with Crippen molar-refractivity contribution in [1.82, 2.24) is 5.32 Å². The standard InChI is InChI=1S/C14H16BrNOS/c1-16-8-7-13(14-6-3-9-18-14)17-12-5-2-4-11(15)10-12/h2-6,9-10,13,16H,7-8H2,1H3/t13-/m1/s1. The number of halogens is 1. The summed E-state index contributed by atoms with van der Waals surface area (Å²) in [5.74, 6) is 0.902. The molecule has 1 aromatic heterocycles. The van der Waals surface area contributed by atoms with Gasteiger partial charge in [-0.1, -0.05) is 28.1 Å². The van der Waals surface area contributed by atoms with Crippen LogP contribution >= 0.6 is 27.3 Å². The molecule has 1 atom stereocenters. The second kappa shape index (κ2) is 6.92. The van der Waals surface area contributed by atoms with Gasteiger partial charge in [-0.05, 0) is 43.2 Å². The lowest BCUT2D eigenvalue weighted by molar-refractivity contribution is 0.198. The van der Waals surface area contributed by atoms with Gasteiger partial charge in [0.2, 0.25) is 0 Å². The Morgan fingerprint density at radius 3 is 2.89 bits per heavy atom. The Morgan fingerprint density at radius 2 is 2.22 bits per heavy atom. The van der Waals surface area contributed by atoms with Crippen LogP contribution in [0.25, 0.3) is 0 Å². The molecule has 1 aromatic carbocycles. The van der Waals surface area contributed by atoms with Crippen molar-refractivity contribution < 1.29 is 4.74 Å². The van der Waals surface area contributed by atoms with E-state index < -0.39 is 0 Å². The first-order valence-electron chi connectivity index (χ1n) is 5.90. The van der Waals surface area contributed by atoms with E-state index >= 15 is 0 Å². The summed E-state index contributed by atoms with van der Waals surface area (Å²) < 4.78 is 7.12. The minimum atomic E-state index is 0.117. The molecule has 0 fully saturated rings. The Bertz CT molecular complexity index is 472. The summed E-state index contributed by atoms with van der Waals surface area (Å²) in [5, 5.41) is 5.26. The van der Waals surface area contributed by atoms with Gasteiger partial charge in [-0.3, -0.25) is 0 Å². The molecule has 1 N–H and O–H groups in total. The van der Waals surface area contributed by atoms with Crippen LogP contribution in [0.5, 0.6) is 5.75 Å². The van der Waals surface area contributed by atoms with Crippen LogP contribution in [0, 0.1) is 0 Å². The Labute approximate surface area is 120 Å². The van der Waals surface area contributed by atoms with Gasteiger partial charge >= 0.3 is 0 Å². The van der Waals surface area contributed by atoms with Gasteiger partial charge in [-0.25, -0.2) is 0 Å². The zero-order valence-electron chi connectivity index (χ0n) is 10.2. The minimum absolute atomic E-state index is 0.117. The highest BCUT2D eigenvalue weighted by Gasteiger charge is 2.14. The number of benzene rings is 1. The average Bonchev–Trinajstić information content (AvgIpc) is 2.88. The van der Waals surface area contributed by atoms with E-state index in [0.29, 0.717) is 0 Å². The Hall–Kier alpha value is -0.840. The molecular formula is C14H16BrNOS. The first-order valence-corrected chi connectivity index (χ1v) is 7.57. The Balaban J connectivity index is 2.10. The lowest BCUT2D eigenvalue weighted by atomic mass is 10.2. The molecule has 0 bridgehead atoms. The fourth-order valence-corrected chi connectivity index (χ4v) is 2.88. The van der Waals surface area contributed by atoms with Gasteiger partial charge in [0, 0.05) is 15.8 Å². The molecule has 2 aromatic rings. The number of nitrogens with one attached hydrogen (secondary N) is 1. The van der Waals surface area contributed by atoms with Gasteiger partial charge in [0.05, 0.1) is 0 Å². The van der Waals surface area contributed by atoms with Crippen molar-refractivity contribution in [2.24, 2.45) is 0 Å². The van der Waals surface area contributed by atoms with E-state index in [1.165, 1.54) is 4.88 Å². The summed E-state index contributed by atoms with van der Waals surface area (Å²) in [4.78, 5) is 1.27. The molecular weight excluding hydrogens is 310 g/mol. The molecule has 96 valence electrons. The Morgan fingerprint density at radius 1 is 1.33 bits per heavy atom. The SMILES string of the molecule is CNCC[C@@H](Oc1cccc(Br)c1)c1cccs1.